The summed E-state index contributed by atoms with van der Waals surface area (Å²) in [5.74, 6) is 0.345. The zero-order chi connectivity index (χ0) is 27.5. The highest BCUT2D eigenvalue weighted by Crippen LogP contribution is 2.22. The Labute approximate surface area is 218 Å². The number of hydrogen-bond acceptors (Lipinski definition) is 4. The van der Waals surface area contributed by atoms with Crippen molar-refractivity contribution >= 4 is 12.2 Å². The van der Waals surface area contributed by atoms with Gasteiger partial charge in [0.05, 0.1) is 17.7 Å². The van der Waals surface area contributed by atoms with E-state index in [2.05, 4.69) is 22.8 Å². The minimum absolute atomic E-state index is 0.0571. The van der Waals surface area contributed by atoms with Gasteiger partial charge in [0.15, 0.2) is 0 Å². The van der Waals surface area contributed by atoms with Gasteiger partial charge in [-0.25, -0.2) is 9.59 Å². The van der Waals surface area contributed by atoms with Gasteiger partial charge in [-0.05, 0) is 71.9 Å². The maximum Gasteiger partial charge on any atom is 0.408 e. The molecule has 2 aromatic carbocycles. The highest BCUT2D eigenvalue weighted by Gasteiger charge is 2.25. The Morgan fingerprint density at radius 1 is 0.806 bits per heavy atom. The molecule has 0 aromatic heterocycles. The van der Waals surface area contributed by atoms with Crippen LogP contribution in [-0.4, -0.2) is 24.9 Å². The quantitative estimate of drug-likeness (QED) is 0.398. The van der Waals surface area contributed by atoms with Crippen LogP contribution in [0.4, 0.5) is 9.59 Å². The van der Waals surface area contributed by atoms with E-state index in [0.29, 0.717) is 12.5 Å². The molecule has 0 bridgehead atoms. The molecule has 0 heterocycles. The van der Waals surface area contributed by atoms with E-state index in [1.807, 2.05) is 106 Å². The molecule has 0 aliphatic carbocycles. The minimum atomic E-state index is -0.434. The van der Waals surface area contributed by atoms with Crippen LogP contribution in [-0.2, 0) is 20.6 Å². The smallest absolute Gasteiger partial charge is 0.408 e. The summed E-state index contributed by atoms with van der Waals surface area (Å²) in [6.45, 7) is 20.3. The lowest BCUT2D eigenvalue weighted by Crippen LogP contribution is -2.42. The van der Waals surface area contributed by atoms with Crippen molar-refractivity contribution in [3.8, 4) is 0 Å². The van der Waals surface area contributed by atoms with Crippen molar-refractivity contribution in [3.63, 3.8) is 0 Å². The Morgan fingerprint density at radius 2 is 1.25 bits per heavy atom. The SMILES string of the molecule is CCC(C)OC(=O)NC(C)(C)c1cccc(C)c1.Cc1cccc(C(C)(C)NC(=O)OCC(C)C)c1. The van der Waals surface area contributed by atoms with E-state index >= 15 is 0 Å². The van der Waals surface area contributed by atoms with E-state index in [9.17, 15) is 9.59 Å². The van der Waals surface area contributed by atoms with Crippen molar-refractivity contribution in [2.24, 2.45) is 5.92 Å². The molecule has 0 fully saturated rings. The second kappa shape index (κ2) is 13.9. The Kier molecular flexibility index (Phi) is 12.0. The third-order valence-corrected chi connectivity index (χ3v) is 5.74. The van der Waals surface area contributed by atoms with E-state index in [0.717, 1.165) is 17.5 Å². The van der Waals surface area contributed by atoms with Crippen molar-refractivity contribution in [2.75, 3.05) is 6.61 Å². The average molecular weight is 499 g/mol. The van der Waals surface area contributed by atoms with Crippen LogP contribution in [0.25, 0.3) is 0 Å². The van der Waals surface area contributed by atoms with Crippen LogP contribution in [0.3, 0.4) is 0 Å². The summed E-state index contributed by atoms with van der Waals surface area (Å²) in [5, 5.41) is 5.80. The largest absolute Gasteiger partial charge is 0.449 e. The van der Waals surface area contributed by atoms with Crippen LogP contribution >= 0.6 is 0 Å². The summed E-state index contributed by atoms with van der Waals surface area (Å²) in [6.07, 6.45) is 0.0301. The highest BCUT2D eigenvalue weighted by molar-refractivity contribution is 5.69. The summed E-state index contributed by atoms with van der Waals surface area (Å²) in [5.41, 5.74) is 3.64. The number of ether oxygens (including phenoxy) is 2. The number of benzene rings is 2. The number of carbonyl (C=O) groups excluding carboxylic acids is 2. The van der Waals surface area contributed by atoms with Gasteiger partial charge in [-0.1, -0.05) is 80.4 Å². The number of amides is 2. The van der Waals surface area contributed by atoms with Crippen molar-refractivity contribution in [2.45, 2.75) is 92.8 Å². The summed E-state index contributed by atoms with van der Waals surface area (Å²) in [6, 6.07) is 16.2. The number of rotatable bonds is 8. The first-order chi connectivity index (χ1) is 16.7. The van der Waals surface area contributed by atoms with Crippen LogP contribution in [0.5, 0.6) is 0 Å². The maximum absolute atomic E-state index is 11.8. The molecule has 200 valence electrons. The fraction of sp³-hybridized carbons (Fsp3) is 0.533. The first kappa shape index (κ1) is 31.0. The highest BCUT2D eigenvalue weighted by atomic mass is 16.6. The molecule has 0 radical (unpaired) electrons. The average Bonchev–Trinajstić information content (AvgIpc) is 2.77. The molecular weight excluding hydrogens is 452 g/mol. The molecule has 0 spiro atoms. The lowest BCUT2D eigenvalue weighted by Gasteiger charge is -2.27. The van der Waals surface area contributed by atoms with Crippen molar-refractivity contribution < 1.29 is 19.1 Å². The van der Waals surface area contributed by atoms with Gasteiger partial charge in [0.1, 0.15) is 6.10 Å². The second-order valence-electron chi connectivity index (χ2n) is 10.9. The van der Waals surface area contributed by atoms with Gasteiger partial charge in [0, 0.05) is 0 Å². The van der Waals surface area contributed by atoms with Gasteiger partial charge >= 0.3 is 12.2 Å². The van der Waals surface area contributed by atoms with Crippen molar-refractivity contribution in [1.82, 2.24) is 10.6 Å². The van der Waals surface area contributed by atoms with Crippen molar-refractivity contribution in [3.05, 3.63) is 70.8 Å². The normalized spacial score (nSPS) is 12.2. The Morgan fingerprint density at radius 3 is 1.64 bits per heavy atom. The zero-order valence-electron chi connectivity index (χ0n) is 23.8. The lowest BCUT2D eigenvalue weighted by molar-refractivity contribution is 0.0966. The van der Waals surface area contributed by atoms with Crippen molar-refractivity contribution in [1.29, 1.82) is 0 Å². The third kappa shape index (κ3) is 11.1. The lowest BCUT2D eigenvalue weighted by atomic mass is 9.93. The number of alkyl carbamates (subject to hydrolysis) is 2. The summed E-state index contributed by atoms with van der Waals surface area (Å²) < 4.78 is 10.4. The number of aryl methyl sites for hydroxylation is 2. The maximum atomic E-state index is 11.8. The van der Waals surface area contributed by atoms with E-state index < -0.39 is 11.1 Å². The number of nitrogens with one attached hydrogen (secondary N) is 2. The molecule has 0 saturated carbocycles. The predicted octanol–water partition coefficient (Wildman–Crippen LogP) is 7.37. The van der Waals surface area contributed by atoms with E-state index in [1.54, 1.807) is 0 Å². The van der Waals surface area contributed by atoms with Gasteiger partial charge < -0.3 is 20.1 Å². The van der Waals surface area contributed by atoms with Crippen LogP contribution in [0, 0.1) is 19.8 Å². The summed E-state index contributed by atoms with van der Waals surface area (Å²) in [7, 11) is 0. The molecule has 1 unspecified atom stereocenters. The van der Waals surface area contributed by atoms with E-state index in [-0.39, 0.29) is 18.3 Å². The predicted molar refractivity (Wildman–Crippen MR) is 147 cm³/mol. The van der Waals surface area contributed by atoms with Gasteiger partial charge in [-0.15, -0.1) is 0 Å². The topological polar surface area (TPSA) is 76.7 Å². The molecule has 2 N–H and O–H groups in total. The number of hydrogen-bond donors (Lipinski definition) is 2. The molecule has 2 amide bonds. The van der Waals surface area contributed by atoms with Gasteiger partial charge in [0.25, 0.3) is 0 Å². The van der Waals surface area contributed by atoms with Gasteiger partial charge in [-0.3, -0.25) is 0 Å². The van der Waals surface area contributed by atoms with Gasteiger partial charge in [0.2, 0.25) is 0 Å². The summed E-state index contributed by atoms with van der Waals surface area (Å²) >= 11 is 0. The molecule has 0 aliphatic heterocycles. The Balaban J connectivity index is 0.000000360. The molecule has 0 saturated heterocycles. The standard InChI is InChI=1S/2C15H23NO2/c1-11(2)10-18-14(17)16-15(4,5)13-8-6-7-12(3)9-13;1-6-12(3)18-14(17)16-15(4,5)13-9-7-8-11(2)10-13/h6-9,11H,10H2,1-5H3,(H,16,17);7-10,12H,6H2,1-5H3,(H,16,17). The second-order valence-corrected chi connectivity index (χ2v) is 10.9. The fourth-order valence-corrected chi connectivity index (χ4v) is 3.30. The fourth-order valence-electron chi connectivity index (χ4n) is 3.30. The molecule has 2 aromatic rings. The van der Waals surface area contributed by atoms with Gasteiger partial charge in [-0.2, -0.15) is 0 Å². The van der Waals surface area contributed by atoms with Crippen LogP contribution in [0.15, 0.2) is 48.5 Å². The Bertz CT molecular complexity index is 982. The monoisotopic (exact) mass is 498 g/mol. The van der Waals surface area contributed by atoms with Crippen LogP contribution in [0.1, 0.15) is 84.1 Å². The molecule has 0 aliphatic rings. The molecule has 36 heavy (non-hydrogen) atoms. The van der Waals surface area contributed by atoms with Crippen LogP contribution < -0.4 is 10.6 Å². The minimum Gasteiger partial charge on any atom is -0.449 e. The zero-order valence-corrected chi connectivity index (χ0v) is 23.8. The first-order valence-electron chi connectivity index (χ1n) is 12.7. The third-order valence-electron chi connectivity index (χ3n) is 5.74. The molecule has 6 heteroatoms. The molecule has 1 atom stereocenters. The number of carbonyl (C=O) groups is 2. The molecule has 6 nitrogen and oxygen atoms in total. The van der Waals surface area contributed by atoms with E-state index in [4.69, 9.17) is 9.47 Å². The Hall–Kier alpha value is -3.02. The summed E-state index contributed by atoms with van der Waals surface area (Å²) in [4.78, 5) is 23.4. The van der Waals surface area contributed by atoms with E-state index in [1.165, 1.54) is 11.1 Å². The molecular formula is C30H46N2O4. The van der Waals surface area contributed by atoms with Crippen LogP contribution in [0.2, 0.25) is 0 Å². The molecule has 2 rings (SSSR count). The first-order valence-corrected chi connectivity index (χ1v) is 12.7.